The third kappa shape index (κ3) is 4.03. The molecule has 0 saturated heterocycles. The second-order valence-electron chi connectivity index (χ2n) is 4.19. The smallest absolute Gasteiger partial charge is 0.119 e. The molecule has 2 heteroatoms. The molecule has 0 spiro atoms. The molecule has 0 aromatic heterocycles. The first-order valence-electron chi connectivity index (χ1n) is 5.28. The molecule has 0 aliphatic heterocycles. The van der Waals surface area contributed by atoms with Gasteiger partial charge in [0.25, 0.3) is 0 Å². The van der Waals surface area contributed by atoms with Gasteiger partial charge in [0.15, 0.2) is 0 Å². The summed E-state index contributed by atoms with van der Waals surface area (Å²) in [5, 5.41) is 8.64. The van der Waals surface area contributed by atoms with Crippen molar-refractivity contribution in [3.8, 4) is 11.8 Å². The molecule has 0 N–H and O–H groups in total. The lowest BCUT2D eigenvalue weighted by Crippen LogP contribution is -2.14. The molecule has 15 heavy (non-hydrogen) atoms. The summed E-state index contributed by atoms with van der Waals surface area (Å²) in [6.45, 7) is 6.43. The highest BCUT2D eigenvalue weighted by Crippen LogP contribution is 2.16. The van der Waals surface area contributed by atoms with Crippen LogP contribution in [0.25, 0.3) is 0 Å². The lowest BCUT2D eigenvalue weighted by molar-refractivity contribution is 0.193. The van der Waals surface area contributed by atoms with Crippen LogP contribution < -0.4 is 4.74 Å². The summed E-state index contributed by atoms with van der Waals surface area (Å²) >= 11 is 0. The van der Waals surface area contributed by atoms with Gasteiger partial charge < -0.3 is 4.74 Å². The highest BCUT2D eigenvalue weighted by molar-refractivity contribution is 5.34. The molecule has 80 valence electrons. The van der Waals surface area contributed by atoms with Gasteiger partial charge in [0, 0.05) is 0 Å². The van der Waals surface area contributed by atoms with E-state index < -0.39 is 0 Å². The fourth-order valence-corrected chi connectivity index (χ4v) is 1.55. The molecule has 0 bridgehead atoms. The molecule has 1 rings (SSSR count). The molecule has 0 aliphatic rings. The van der Waals surface area contributed by atoms with E-state index in [0.717, 1.165) is 12.2 Å². The summed E-state index contributed by atoms with van der Waals surface area (Å²) in [6, 6.07) is 9.32. The molecular formula is C13H17NO. The van der Waals surface area contributed by atoms with Gasteiger partial charge >= 0.3 is 0 Å². The summed E-state index contributed by atoms with van der Waals surface area (Å²) < 4.78 is 5.72. The van der Waals surface area contributed by atoms with E-state index in [-0.39, 0.29) is 6.10 Å². The Morgan fingerprint density at radius 1 is 1.20 bits per heavy atom. The number of nitrogens with zero attached hydrogens (tertiary/aromatic N) is 1. The minimum absolute atomic E-state index is 0.220. The minimum atomic E-state index is 0.220. The van der Waals surface area contributed by atoms with Crippen molar-refractivity contribution in [2.45, 2.75) is 33.3 Å². The first kappa shape index (κ1) is 11.6. The van der Waals surface area contributed by atoms with Crippen LogP contribution in [0.15, 0.2) is 24.3 Å². The van der Waals surface area contributed by atoms with Crippen LogP contribution in [0, 0.1) is 17.2 Å². The molecule has 0 heterocycles. The van der Waals surface area contributed by atoms with Gasteiger partial charge in [-0.2, -0.15) is 5.26 Å². The summed E-state index contributed by atoms with van der Waals surface area (Å²) in [4.78, 5) is 0. The molecule has 0 saturated carbocycles. The fraction of sp³-hybridized carbons (Fsp3) is 0.462. The predicted octanol–water partition coefficient (Wildman–Crippen LogP) is 3.37. The molecule has 1 unspecified atom stereocenters. The van der Waals surface area contributed by atoms with Crippen LogP contribution >= 0.6 is 0 Å². The second kappa shape index (κ2) is 5.41. The van der Waals surface area contributed by atoms with Crippen molar-refractivity contribution < 1.29 is 4.74 Å². The molecular weight excluding hydrogens is 186 g/mol. The van der Waals surface area contributed by atoms with Crippen LogP contribution in [0.5, 0.6) is 5.75 Å². The zero-order chi connectivity index (χ0) is 11.3. The lowest BCUT2D eigenvalue weighted by Gasteiger charge is -2.16. The van der Waals surface area contributed by atoms with Crippen molar-refractivity contribution in [1.29, 1.82) is 5.26 Å². The van der Waals surface area contributed by atoms with E-state index in [1.165, 1.54) is 0 Å². The van der Waals surface area contributed by atoms with Crippen molar-refractivity contribution in [2.75, 3.05) is 0 Å². The zero-order valence-electron chi connectivity index (χ0n) is 9.53. The Morgan fingerprint density at radius 2 is 1.80 bits per heavy atom. The van der Waals surface area contributed by atoms with Gasteiger partial charge in [0.1, 0.15) is 5.75 Å². The standard InChI is InChI=1S/C13H17NO/c1-10(2)8-11(3)15-13-6-4-12(9-14)5-7-13/h4-7,10-11H,8H2,1-3H3. The number of rotatable bonds is 4. The monoisotopic (exact) mass is 203 g/mol. The van der Waals surface area contributed by atoms with Crippen molar-refractivity contribution in [3.05, 3.63) is 29.8 Å². The number of ether oxygens (including phenoxy) is 1. The van der Waals surface area contributed by atoms with E-state index >= 15 is 0 Å². The van der Waals surface area contributed by atoms with Crippen LogP contribution in [0.1, 0.15) is 32.8 Å². The topological polar surface area (TPSA) is 33.0 Å². The quantitative estimate of drug-likeness (QED) is 0.751. The molecule has 1 aromatic rings. The minimum Gasteiger partial charge on any atom is -0.491 e. The summed E-state index contributed by atoms with van der Waals surface area (Å²) in [5.41, 5.74) is 0.666. The van der Waals surface area contributed by atoms with Gasteiger partial charge in [-0.3, -0.25) is 0 Å². The second-order valence-corrected chi connectivity index (χ2v) is 4.19. The molecule has 0 amide bonds. The van der Waals surface area contributed by atoms with Crippen LogP contribution in [-0.2, 0) is 0 Å². The van der Waals surface area contributed by atoms with E-state index in [0.29, 0.717) is 11.5 Å². The number of hydrogen-bond donors (Lipinski definition) is 0. The largest absolute Gasteiger partial charge is 0.491 e. The Kier molecular flexibility index (Phi) is 4.17. The van der Waals surface area contributed by atoms with E-state index in [1.54, 1.807) is 12.1 Å². The zero-order valence-corrected chi connectivity index (χ0v) is 9.53. The normalized spacial score (nSPS) is 12.2. The lowest BCUT2D eigenvalue weighted by atomic mass is 10.1. The summed E-state index contributed by atoms with van der Waals surface area (Å²) in [7, 11) is 0. The predicted molar refractivity (Wildman–Crippen MR) is 60.7 cm³/mol. The molecule has 0 fully saturated rings. The van der Waals surface area contributed by atoms with E-state index in [2.05, 4.69) is 26.8 Å². The highest BCUT2D eigenvalue weighted by atomic mass is 16.5. The molecule has 1 aromatic carbocycles. The van der Waals surface area contributed by atoms with Crippen LogP contribution in [0.4, 0.5) is 0 Å². The summed E-state index contributed by atoms with van der Waals surface area (Å²) in [5.74, 6) is 1.47. The maximum Gasteiger partial charge on any atom is 0.119 e. The number of hydrogen-bond acceptors (Lipinski definition) is 2. The average Bonchev–Trinajstić information content (AvgIpc) is 2.17. The van der Waals surface area contributed by atoms with Crippen molar-refractivity contribution in [2.24, 2.45) is 5.92 Å². The molecule has 0 radical (unpaired) electrons. The summed E-state index contributed by atoms with van der Waals surface area (Å²) in [6.07, 6.45) is 1.26. The van der Waals surface area contributed by atoms with Gasteiger partial charge in [0.05, 0.1) is 17.7 Å². The van der Waals surface area contributed by atoms with Gasteiger partial charge in [0.2, 0.25) is 0 Å². The average molecular weight is 203 g/mol. The Hall–Kier alpha value is -1.49. The third-order valence-corrected chi connectivity index (χ3v) is 2.12. The Bertz CT molecular complexity index is 335. The van der Waals surface area contributed by atoms with Crippen molar-refractivity contribution in [3.63, 3.8) is 0 Å². The van der Waals surface area contributed by atoms with Crippen molar-refractivity contribution in [1.82, 2.24) is 0 Å². The fourth-order valence-electron chi connectivity index (χ4n) is 1.55. The van der Waals surface area contributed by atoms with Crippen LogP contribution in [0.3, 0.4) is 0 Å². The first-order chi connectivity index (χ1) is 7.11. The van der Waals surface area contributed by atoms with Crippen LogP contribution in [-0.4, -0.2) is 6.10 Å². The van der Waals surface area contributed by atoms with Crippen molar-refractivity contribution >= 4 is 0 Å². The third-order valence-electron chi connectivity index (χ3n) is 2.12. The Morgan fingerprint density at radius 3 is 2.27 bits per heavy atom. The van der Waals surface area contributed by atoms with E-state index in [9.17, 15) is 0 Å². The Balaban J connectivity index is 2.54. The number of benzene rings is 1. The van der Waals surface area contributed by atoms with Gasteiger partial charge in [-0.05, 0) is 43.5 Å². The number of nitriles is 1. The molecule has 0 aliphatic carbocycles. The van der Waals surface area contributed by atoms with Gasteiger partial charge in [-0.25, -0.2) is 0 Å². The van der Waals surface area contributed by atoms with Gasteiger partial charge in [-0.1, -0.05) is 13.8 Å². The Labute approximate surface area is 91.5 Å². The maximum atomic E-state index is 8.64. The van der Waals surface area contributed by atoms with E-state index in [4.69, 9.17) is 10.00 Å². The molecule has 1 atom stereocenters. The molecule has 2 nitrogen and oxygen atoms in total. The SMILES string of the molecule is CC(C)CC(C)Oc1ccc(C#N)cc1. The maximum absolute atomic E-state index is 8.64. The van der Waals surface area contributed by atoms with Crippen LogP contribution in [0.2, 0.25) is 0 Å². The first-order valence-corrected chi connectivity index (χ1v) is 5.28. The highest BCUT2D eigenvalue weighted by Gasteiger charge is 2.06. The van der Waals surface area contributed by atoms with E-state index in [1.807, 2.05) is 12.1 Å². The van der Waals surface area contributed by atoms with Gasteiger partial charge in [-0.15, -0.1) is 0 Å².